The van der Waals surface area contributed by atoms with Gasteiger partial charge in [0.25, 0.3) is 5.82 Å². The molecule has 0 aliphatic heterocycles. The molecule has 0 N–H and O–H groups in total. The zero-order valence-corrected chi connectivity index (χ0v) is 17.6. The normalized spacial score (nSPS) is 11.9. The lowest BCUT2D eigenvalue weighted by molar-refractivity contribution is -0.681. The molecular formula is C24H28N4+2. The molecule has 4 aromatic rings. The van der Waals surface area contributed by atoms with Crippen LogP contribution in [0.15, 0.2) is 61.1 Å². The monoisotopic (exact) mass is 372 g/mol. The van der Waals surface area contributed by atoms with Crippen molar-refractivity contribution in [3.05, 3.63) is 78.0 Å². The molecule has 0 unspecified atom stereocenters. The number of hydrogen-bond donors (Lipinski definition) is 0. The van der Waals surface area contributed by atoms with Crippen molar-refractivity contribution in [3.8, 4) is 11.4 Å². The molecule has 0 saturated heterocycles. The van der Waals surface area contributed by atoms with E-state index in [-0.39, 0.29) is 5.41 Å². The molecule has 2 heterocycles. The van der Waals surface area contributed by atoms with Crippen LogP contribution in [-0.4, -0.2) is 9.67 Å². The number of aromatic nitrogens is 4. The Hall–Kier alpha value is -3.01. The molecule has 4 heteroatoms. The summed E-state index contributed by atoms with van der Waals surface area (Å²) in [6, 6.07) is 15.1. The van der Waals surface area contributed by atoms with Crippen LogP contribution in [0.1, 0.15) is 37.7 Å². The summed E-state index contributed by atoms with van der Waals surface area (Å²) in [6.45, 7) is 11.0. The van der Waals surface area contributed by atoms with Crippen molar-refractivity contribution in [1.29, 1.82) is 0 Å². The minimum Gasteiger partial charge on any atom is -0.200 e. The molecule has 4 rings (SSSR count). The van der Waals surface area contributed by atoms with Crippen molar-refractivity contribution in [2.24, 2.45) is 7.05 Å². The largest absolute Gasteiger partial charge is 0.300 e. The number of aryl methyl sites for hydroxylation is 2. The maximum Gasteiger partial charge on any atom is 0.300 e. The summed E-state index contributed by atoms with van der Waals surface area (Å²) in [5.41, 5.74) is 6.15. The van der Waals surface area contributed by atoms with Gasteiger partial charge in [-0.15, -0.1) is 0 Å². The van der Waals surface area contributed by atoms with Crippen molar-refractivity contribution in [3.63, 3.8) is 0 Å². The SMILES string of the molecule is Cc1c(-[n+]2cccnc2C)cc(C(C)(C)C)cc1-[n+]1cc2ccccc2n1C. The Balaban J connectivity index is 2.05. The lowest BCUT2D eigenvalue weighted by atomic mass is 9.85. The van der Waals surface area contributed by atoms with Gasteiger partial charge in [-0.25, -0.2) is 0 Å². The van der Waals surface area contributed by atoms with E-state index in [9.17, 15) is 0 Å². The fourth-order valence-corrected chi connectivity index (χ4v) is 3.76. The fraction of sp³-hybridized carbons (Fsp3) is 0.292. The first kappa shape index (κ1) is 18.4. The van der Waals surface area contributed by atoms with Gasteiger partial charge in [0.05, 0.1) is 18.0 Å². The summed E-state index contributed by atoms with van der Waals surface area (Å²) in [4.78, 5) is 4.49. The zero-order valence-electron chi connectivity index (χ0n) is 17.6. The van der Waals surface area contributed by atoms with E-state index in [2.05, 4.69) is 102 Å². The third kappa shape index (κ3) is 2.99. The van der Waals surface area contributed by atoms with Gasteiger partial charge in [0.15, 0.2) is 0 Å². The molecule has 0 spiro atoms. The molecule has 0 saturated carbocycles. The standard InChI is InChI=1S/C24H28N4/c1-17-22(27-13-9-12-25-18(27)2)14-20(24(3,4)5)15-23(17)28-16-19-10-7-8-11-21(19)26(28)6/h7-16H,1-6H3/q+2. The van der Waals surface area contributed by atoms with Crippen LogP contribution in [-0.2, 0) is 12.5 Å². The summed E-state index contributed by atoms with van der Waals surface area (Å²) in [6.07, 6.45) is 6.15. The van der Waals surface area contributed by atoms with E-state index < -0.39 is 0 Å². The Morgan fingerprint density at radius 3 is 2.36 bits per heavy atom. The quantitative estimate of drug-likeness (QED) is 0.488. The predicted octanol–water partition coefficient (Wildman–Crippen LogP) is 4.04. The van der Waals surface area contributed by atoms with Crippen LogP contribution in [0.5, 0.6) is 0 Å². The maximum absolute atomic E-state index is 4.49. The summed E-state index contributed by atoms with van der Waals surface area (Å²) < 4.78 is 6.65. The first-order chi connectivity index (χ1) is 13.3. The highest BCUT2D eigenvalue weighted by Crippen LogP contribution is 2.28. The molecule has 142 valence electrons. The van der Waals surface area contributed by atoms with E-state index >= 15 is 0 Å². The minimum absolute atomic E-state index is 0.0407. The Kier molecular flexibility index (Phi) is 4.30. The van der Waals surface area contributed by atoms with Gasteiger partial charge in [0.1, 0.15) is 23.6 Å². The van der Waals surface area contributed by atoms with E-state index in [1.54, 1.807) is 0 Å². The van der Waals surface area contributed by atoms with Crippen molar-refractivity contribution in [2.45, 2.75) is 40.0 Å². The first-order valence-corrected chi connectivity index (χ1v) is 9.73. The van der Waals surface area contributed by atoms with Crippen molar-refractivity contribution < 1.29 is 9.25 Å². The molecule has 0 aliphatic carbocycles. The summed E-state index contributed by atoms with van der Waals surface area (Å²) in [5, 5.41) is 1.23. The van der Waals surface area contributed by atoms with Crippen molar-refractivity contribution >= 4 is 10.9 Å². The average molecular weight is 373 g/mol. The fourth-order valence-electron chi connectivity index (χ4n) is 3.76. The zero-order chi connectivity index (χ0) is 20.1. The molecule has 4 nitrogen and oxygen atoms in total. The lowest BCUT2D eigenvalue weighted by Crippen LogP contribution is -2.42. The molecule has 0 aliphatic rings. The molecule has 2 aromatic heterocycles. The lowest BCUT2D eigenvalue weighted by Gasteiger charge is -2.20. The van der Waals surface area contributed by atoms with Crippen LogP contribution in [0, 0.1) is 13.8 Å². The summed E-state index contributed by atoms with van der Waals surface area (Å²) in [7, 11) is 2.12. The van der Waals surface area contributed by atoms with Crippen LogP contribution >= 0.6 is 0 Å². The molecule has 0 fully saturated rings. The molecule has 28 heavy (non-hydrogen) atoms. The third-order valence-electron chi connectivity index (χ3n) is 5.53. The van der Waals surface area contributed by atoms with Crippen LogP contribution in [0.3, 0.4) is 0 Å². The van der Waals surface area contributed by atoms with Crippen molar-refractivity contribution in [1.82, 2.24) is 9.67 Å². The minimum atomic E-state index is 0.0407. The molecule has 0 amide bonds. The molecule has 2 aromatic carbocycles. The van der Waals surface area contributed by atoms with Gasteiger partial charge in [0, 0.05) is 19.1 Å². The molecule has 0 bridgehead atoms. The van der Waals surface area contributed by atoms with Gasteiger partial charge in [-0.05, 0) is 36.1 Å². The number of fused-ring (bicyclic) bond motifs is 1. The maximum atomic E-state index is 4.49. The summed E-state index contributed by atoms with van der Waals surface area (Å²) in [5.74, 6) is 0.977. The highest BCUT2D eigenvalue weighted by molar-refractivity contribution is 5.77. The third-order valence-corrected chi connectivity index (χ3v) is 5.53. The predicted molar refractivity (Wildman–Crippen MR) is 112 cm³/mol. The average Bonchev–Trinajstić information content (AvgIpc) is 2.99. The van der Waals surface area contributed by atoms with E-state index in [4.69, 9.17) is 0 Å². The second kappa shape index (κ2) is 6.55. The topological polar surface area (TPSA) is 25.6 Å². The van der Waals surface area contributed by atoms with Gasteiger partial charge >= 0.3 is 0 Å². The molecular weight excluding hydrogens is 344 g/mol. The Labute approximate surface area is 166 Å². The number of para-hydroxylation sites is 1. The van der Waals surface area contributed by atoms with Crippen LogP contribution < -0.4 is 9.25 Å². The highest BCUT2D eigenvalue weighted by atomic mass is 15.4. The van der Waals surface area contributed by atoms with Gasteiger partial charge in [-0.2, -0.15) is 9.25 Å². The van der Waals surface area contributed by atoms with E-state index in [0.29, 0.717) is 0 Å². The Bertz CT molecular complexity index is 1180. The molecule has 0 atom stereocenters. The highest BCUT2D eigenvalue weighted by Gasteiger charge is 2.27. The smallest absolute Gasteiger partial charge is 0.200 e. The van der Waals surface area contributed by atoms with E-state index in [0.717, 1.165) is 5.82 Å². The van der Waals surface area contributed by atoms with Crippen LogP contribution in [0.2, 0.25) is 0 Å². The number of hydrogen-bond acceptors (Lipinski definition) is 1. The van der Waals surface area contributed by atoms with Gasteiger partial charge < -0.3 is 0 Å². The van der Waals surface area contributed by atoms with Gasteiger partial charge in [0.2, 0.25) is 11.9 Å². The second-order valence-electron chi connectivity index (χ2n) is 8.48. The first-order valence-electron chi connectivity index (χ1n) is 9.73. The van der Waals surface area contributed by atoms with Crippen LogP contribution in [0.4, 0.5) is 0 Å². The van der Waals surface area contributed by atoms with Crippen LogP contribution in [0.25, 0.3) is 22.3 Å². The second-order valence-corrected chi connectivity index (χ2v) is 8.48. The molecule has 0 radical (unpaired) electrons. The van der Waals surface area contributed by atoms with Crippen molar-refractivity contribution in [2.75, 3.05) is 0 Å². The van der Waals surface area contributed by atoms with Gasteiger partial charge in [-0.1, -0.05) is 42.6 Å². The number of rotatable bonds is 2. The van der Waals surface area contributed by atoms with E-state index in [1.807, 2.05) is 19.2 Å². The Morgan fingerprint density at radius 2 is 1.68 bits per heavy atom. The number of nitrogens with zero attached hydrogens (tertiary/aromatic N) is 4. The summed E-state index contributed by atoms with van der Waals surface area (Å²) >= 11 is 0. The Morgan fingerprint density at radius 1 is 0.964 bits per heavy atom. The number of benzene rings is 2. The van der Waals surface area contributed by atoms with E-state index in [1.165, 1.54) is 33.4 Å². The van der Waals surface area contributed by atoms with Gasteiger partial charge in [-0.3, -0.25) is 0 Å².